The van der Waals surface area contributed by atoms with Crippen LogP contribution in [0.5, 0.6) is 0 Å². The molecule has 0 aliphatic rings. The van der Waals surface area contributed by atoms with Gasteiger partial charge in [-0.3, -0.25) is 0 Å². The average molecular weight is 320 g/mol. The quantitative estimate of drug-likeness (QED) is 0.267. The number of quaternary nitrogens is 1. The maximum absolute atomic E-state index is 5.45. The Morgan fingerprint density at radius 1 is 1.09 bits per heavy atom. The molecule has 7 heteroatoms. The van der Waals surface area contributed by atoms with E-state index >= 15 is 0 Å². The van der Waals surface area contributed by atoms with Crippen LogP contribution in [0.3, 0.4) is 0 Å². The predicted octanol–water partition coefficient (Wildman–Crippen LogP) is -0.419. The Hall–Kier alpha value is 2.05. The summed E-state index contributed by atoms with van der Waals surface area (Å²) in [5.74, 6) is 0. The molecule has 0 N–H and O–H groups in total. The van der Waals surface area contributed by atoms with Crippen molar-refractivity contribution >= 4 is 53.7 Å². The van der Waals surface area contributed by atoms with E-state index < -0.39 is 13.2 Å². The standard InChI is InChI=1S/C4H11ClN.4ClH.Ga/c1-6(2,3)4-5;;;;;/h4H2,1-3H3;4*1H;/q+1;;;;;+3/p-4. The van der Waals surface area contributed by atoms with E-state index in [9.17, 15) is 0 Å². The molecule has 0 unspecified atom stereocenters. The van der Waals surface area contributed by atoms with Crippen LogP contribution in [-0.2, 0) is 0 Å². The molecular formula is C4H11Cl5GaN. The van der Waals surface area contributed by atoms with E-state index in [-0.39, 0.29) is 12.4 Å². The molecule has 0 saturated carbocycles. The molecule has 0 heterocycles. The predicted molar refractivity (Wildman–Crippen MR) is 52.1 cm³/mol. The van der Waals surface area contributed by atoms with E-state index in [2.05, 4.69) is 0 Å². The van der Waals surface area contributed by atoms with Gasteiger partial charge in [0.05, 0.1) is 21.1 Å². The van der Waals surface area contributed by atoms with Crippen molar-refractivity contribution in [1.82, 2.24) is 0 Å². The van der Waals surface area contributed by atoms with Crippen LogP contribution in [0.1, 0.15) is 0 Å². The van der Waals surface area contributed by atoms with Crippen LogP contribution in [0.25, 0.3) is 0 Å². The van der Waals surface area contributed by atoms with Crippen molar-refractivity contribution in [2.75, 3.05) is 27.1 Å². The first-order valence-corrected chi connectivity index (χ1v) is 12.7. The third kappa shape index (κ3) is 47.7. The van der Waals surface area contributed by atoms with Gasteiger partial charge in [0.2, 0.25) is 0 Å². The Morgan fingerprint density at radius 2 is 1.18 bits per heavy atom. The number of hydrogen-bond acceptors (Lipinski definition) is 0. The molecule has 70 valence electrons. The topological polar surface area (TPSA) is 0 Å². The zero-order chi connectivity index (χ0) is 8.78. The maximum atomic E-state index is 5.45. The summed E-state index contributed by atoms with van der Waals surface area (Å²) in [5.41, 5.74) is 0. The summed E-state index contributed by atoms with van der Waals surface area (Å²) in [4.78, 5) is 0. The van der Waals surface area contributed by atoms with Gasteiger partial charge in [-0.05, 0) is 0 Å². The van der Waals surface area contributed by atoms with Gasteiger partial charge in [0.1, 0.15) is 0 Å². The first kappa shape index (κ1) is 18.8. The summed E-state index contributed by atoms with van der Waals surface area (Å²) < 4.78 is 0.835. The molecule has 0 aromatic carbocycles. The van der Waals surface area contributed by atoms with Gasteiger partial charge in [-0.1, -0.05) is 11.6 Å². The minimum absolute atomic E-state index is 0. The fourth-order valence-electron chi connectivity index (χ4n) is 0. The number of rotatable bonds is 1. The van der Waals surface area contributed by atoms with Crippen molar-refractivity contribution in [1.29, 1.82) is 0 Å². The van der Waals surface area contributed by atoms with Gasteiger partial charge >= 0.3 is 42.1 Å². The Balaban J connectivity index is -0.000000114. The van der Waals surface area contributed by atoms with Crippen LogP contribution in [0.2, 0.25) is 0 Å². The van der Waals surface area contributed by atoms with Crippen molar-refractivity contribution in [3.05, 3.63) is 0 Å². The van der Waals surface area contributed by atoms with Gasteiger partial charge in [0, 0.05) is 0 Å². The van der Waals surface area contributed by atoms with E-state index in [4.69, 9.17) is 40.5 Å². The van der Waals surface area contributed by atoms with E-state index in [0.717, 1.165) is 4.48 Å². The molecular weight excluding hydrogens is 309 g/mol. The van der Waals surface area contributed by atoms with Crippen LogP contribution in [0, 0.1) is 0 Å². The molecule has 1 nitrogen and oxygen atoms in total. The molecule has 0 bridgehead atoms. The van der Waals surface area contributed by atoms with Gasteiger partial charge in [-0.25, -0.2) is 0 Å². The summed E-state index contributed by atoms with van der Waals surface area (Å²) in [6.45, 7) is 0. The fraction of sp³-hybridized carbons (Fsp3) is 1.00. The van der Waals surface area contributed by atoms with E-state index in [1.807, 2.05) is 21.1 Å². The molecule has 11 heavy (non-hydrogen) atoms. The molecule has 0 fully saturated rings. The summed E-state index contributed by atoms with van der Waals surface area (Å²) in [6, 6.07) is 0.681. The first-order chi connectivity index (χ1) is 4.29. The van der Waals surface area contributed by atoms with Crippen LogP contribution < -0.4 is 12.4 Å². The van der Waals surface area contributed by atoms with Crippen molar-refractivity contribution in [2.24, 2.45) is 0 Å². The number of nitrogens with zero attached hydrogens (tertiary/aromatic N) is 1. The normalized spacial score (nSPS) is 9.00. The van der Waals surface area contributed by atoms with Crippen molar-refractivity contribution < 1.29 is 16.9 Å². The number of alkyl halides is 1. The summed E-state index contributed by atoms with van der Waals surface area (Å²) in [5, 5.41) is 0. The zero-order valence-electron chi connectivity index (χ0n) is 6.62. The molecule has 0 amide bonds. The van der Waals surface area contributed by atoms with E-state index in [0.29, 0.717) is 6.00 Å². The minimum atomic E-state index is -2.06. The van der Waals surface area contributed by atoms with Crippen molar-refractivity contribution in [3.8, 4) is 0 Å². The molecule has 0 radical (unpaired) electrons. The Morgan fingerprint density at radius 3 is 1.18 bits per heavy atom. The SMILES string of the molecule is C[N+](C)(C)CCl.[Cl-].[Cl][Ga]([Cl])[Cl]. The van der Waals surface area contributed by atoms with Crippen LogP contribution in [0.15, 0.2) is 0 Å². The van der Waals surface area contributed by atoms with E-state index in [1.165, 1.54) is 0 Å². The molecule has 0 aliphatic heterocycles. The summed E-state index contributed by atoms with van der Waals surface area (Å²) >= 11 is 3.39. The molecule has 0 spiro atoms. The van der Waals surface area contributed by atoms with Gasteiger partial charge in [-0.15, -0.1) is 0 Å². The Labute approximate surface area is 97.0 Å². The van der Waals surface area contributed by atoms with Gasteiger partial charge in [0.25, 0.3) is 0 Å². The second-order valence-electron chi connectivity index (χ2n) is 2.66. The van der Waals surface area contributed by atoms with Crippen molar-refractivity contribution in [2.45, 2.75) is 0 Å². The second-order valence-corrected chi connectivity index (χ2v) is 14.2. The van der Waals surface area contributed by atoms with Gasteiger partial charge in [0.15, 0.2) is 6.00 Å². The molecule has 0 aromatic rings. The van der Waals surface area contributed by atoms with Gasteiger partial charge < -0.3 is 16.9 Å². The Kier molecular flexibility index (Phi) is 17.3. The molecule has 0 saturated heterocycles. The van der Waals surface area contributed by atoms with Gasteiger partial charge in [-0.2, -0.15) is 0 Å². The summed E-state index contributed by atoms with van der Waals surface area (Å²) in [7, 11) is 21.1. The van der Waals surface area contributed by atoms with Crippen LogP contribution >= 0.6 is 40.5 Å². The third-order valence-corrected chi connectivity index (χ3v) is 1.08. The zero-order valence-corrected chi connectivity index (χ0v) is 12.8. The van der Waals surface area contributed by atoms with Crippen LogP contribution in [-0.4, -0.2) is 44.8 Å². The van der Waals surface area contributed by atoms with Crippen LogP contribution in [0.4, 0.5) is 0 Å². The molecule has 0 aliphatic carbocycles. The molecule has 0 rings (SSSR count). The molecule has 0 aromatic heterocycles. The number of halogens is 5. The summed E-state index contributed by atoms with van der Waals surface area (Å²) in [6.07, 6.45) is 0. The average Bonchev–Trinajstić information content (AvgIpc) is 1.63. The fourth-order valence-corrected chi connectivity index (χ4v) is 0. The third-order valence-electron chi connectivity index (χ3n) is 0.359. The second kappa shape index (κ2) is 10.1. The first-order valence-electron chi connectivity index (χ1n) is 2.58. The monoisotopic (exact) mass is 317 g/mol. The Bertz CT molecular complexity index is 70.6. The van der Waals surface area contributed by atoms with Crippen molar-refractivity contribution in [3.63, 3.8) is 0 Å². The number of hydrogen-bond donors (Lipinski definition) is 0. The van der Waals surface area contributed by atoms with E-state index in [1.54, 1.807) is 0 Å². The molecule has 0 atom stereocenters.